The maximum atomic E-state index is 12.9. The fourth-order valence-electron chi connectivity index (χ4n) is 5.89. The SMILES string of the molecule is C=C1CCC[C@]2(C)C[C@H]3OC(=O)[C@@](N)(Cn4cc(-c5ccccc5)nn4)[C@H]3C[C@@H]12. The average Bonchev–Trinajstić information content (AvgIpc) is 3.24. The number of allylic oxidation sites excluding steroid dienone is 1. The van der Waals surface area contributed by atoms with E-state index < -0.39 is 5.54 Å². The number of rotatable bonds is 3. The molecule has 152 valence electrons. The van der Waals surface area contributed by atoms with Gasteiger partial charge in [0.2, 0.25) is 0 Å². The minimum Gasteiger partial charge on any atom is -0.461 e. The number of carbonyl (C=O) groups excluding carboxylic acids is 1. The van der Waals surface area contributed by atoms with E-state index in [-0.39, 0.29) is 30.0 Å². The van der Waals surface area contributed by atoms with Crippen molar-refractivity contribution in [1.82, 2.24) is 15.0 Å². The van der Waals surface area contributed by atoms with Crippen molar-refractivity contribution in [3.05, 3.63) is 48.7 Å². The summed E-state index contributed by atoms with van der Waals surface area (Å²) in [4.78, 5) is 12.9. The second kappa shape index (κ2) is 6.52. The first kappa shape index (κ1) is 18.6. The van der Waals surface area contributed by atoms with Gasteiger partial charge in [-0.3, -0.25) is 0 Å². The second-order valence-electron chi connectivity index (χ2n) is 9.42. The highest BCUT2D eigenvalue weighted by Crippen LogP contribution is 2.57. The summed E-state index contributed by atoms with van der Waals surface area (Å²) in [6.07, 6.45) is 6.90. The number of hydrogen-bond acceptors (Lipinski definition) is 5. The van der Waals surface area contributed by atoms with Crippen LogP contribution in [-0.2, 0) is 16.1 Å². The summed E-state index contributed by atoms with van der Waals surface area (Å²) >= 11 is 0. The Morgan fingerprint density at radius 3 is 2.93 bits per heavy atom. The summed E-state index contributed by atoms with van der Waals surface area (Å²) in [5.74, 6) is 0.0787. The Hall–Kier alpha value is -2.47. The molecule has 5 atom stereocenters. The van der Waals surface area contributed by atoms with Crippen LogP contribution < -0.4 is 5.73 Å². The van der Waals surface area contributed by atoms with Gasteiger partial charge >= 0.3 is 5.97 Å². The zero-order valence-corrected chi connectivity index (χ0v) is 16.9. The predicted molar refractivity (Wildman–Crippen MR) is 110 cm³/mol. The number of nitrogens with two attached hydrogens (primary N) is 1. The van der Waals surface area contributed by atoms with E-state index in [1.165, 1.54) is 18.4 Å². The predicted octanol–water partition coefficient (Wildman–Crippen LogP) is 3.34. The number of aromatic nitrogens is 3. The molecule has 6 nitrogen and oxygen atoms in total. The van der Waals surface area contributed by atoms with Gasteiger partial charge in [0.15, 0.2) is 0 Å². The van der Waals surface area contributed by atoms with Crippen molar-refractivity contribution in [3.8, 4) is 11.3 Å². The number of carbonyl (C=O) groups is 1. The molecule has 0 bridgehead atoms. The van der Waals surface area contributed by atoms with Crippen LogP contribution in [-0.4, -0.2) is 32.6 Å². The first-order valence-electron chi connectivity index (χ1n) is 10.5. The number of benzene rings is 1. The summed E-state index contributed by atoms with van der Waals surface area (Å²) in [6.45, 7) is 6.96. The Bertz CT molecular complexity index is 955. The van der Waals surface area contributed by atoms with E-state index in [0.717, 1.165) is 30.5 Å². The van der Waals surface area contributed by atoms with E-state index >= 15 is 0 Å². The summed E-state index contributed by atoms with van der Waals surface area (Å²) < 4.78 is 7.53. The van der Waals surface area contributed by atoms with E-state index in [1.54, 1.807) is 4.68 Å². The van der Waals surface area contributed by atoms with Crippen LogP contribution in [0.1, 0.15) is 39.0 Å². The third-order valence-corrected chi connectivity index (χ3v) is 7.52. The molecular formula is C23H28N4O2. The third kappa shape index (κ3) is 2.92. The second-order valence-corrected chi connectivity index (χ2v) is 9.42. The molecule has 0 amide bonds. The molecule has 1 saturated heterocycles. The highest BCUT2D eigenvalue weighted by atomic mass is 16.6. The lowest BCUT2D eigenvalue weighted by Gasteiger charge is -2.50. The largest absolute Gasteiger partial charge is 0.461 e. The normalized spacial score (nSPS) is 36.4. The van der Waals surface area contributed by atoms with Crippen molar-refractivity contribution in [2.45, 2.75) is 57.2 Å². The summed E-state index contributed by atoms with van der Waals surface area (Å²) in [6, 6.07) is 9.88. The number of nitrogens with zero attached hydrogens (tertiary/aromatic N) is 3. The molecule has 0 unspecified atom stereocenters. The Morgan fingerprint density at radius 1 is 1.34 bits per heavy atom. The lowest BCUT2D eigenvalue weighted by Crippen LogP contribution is -2.57. The van der Waals surface area contributed by atoms with Crippen molar-refractivity contribution in [1.29, 1.82) is 0 Å². The molecule has 1 aromatic heterocycles. The highest BCUT2D eigenvalue weighted by molar-refractivity contribution is 5.83. The van der Waals surface area contributed by atoms with Gasteiger partial charge in [0.1, 0.15) is 17.3 Å². The Kier molecular flexibility index (Phi) is 4.17. The van der Waals surface area contributed by atoms with Crippen molar-refractivity contribution in [2.75, 3.05) is 0 Å². The van der Waals surface area contributed by atoms with Gasteiger partial charge < -0.3 is 10.5 Å². The van der Waals surface area contributed by atoms with Gasteiger partial charge in [-0.1, -0.05) is 54.6 Å². The zero-order valence-electron chi connectivity index (χ0n) is 16.9. The van der Waals surface area contributed by atoms with Crippen LogP contribution in [0, 0.1) is 17.3 Å². The van der Waals surface area contributed by atoms with Gasteiger partial charge in [0.25, 0.3) is 0 Å². The third-order valence-electron chi connectivity index (χ3n) is 7.52. The molecule has 3 aliphatic rings. The Labute approximate surface area is 171 Å². The molecule has 2 N–H and O–H groups in total. The summed E-state index contributed by atoms with van der Waals surface area (Å²) in [5.41, 5.74) is 8.91. The number of ether oxygens (including phenoxy) is 1. The highest BCUT2D eigenvalue weighted by Gasteiger charge is 2.61. The maximum Gasteiger partial charge on any atom is 0.328 e. The van der Waals surface area contributed by atoms with Crippen molar-refractivity contribution in [2.24, 2.45) is 23.0 Å². The standard InChI is InChI=1S/C23H28N4O2/c1-15-7-6-10-22(2)12-20-18(11-17(15)22)23(24,21(28)29-20)14-27-13-19(25-26-27)16-8-4-3-5-9-16/h3-5,8-9,13,17-18,20H,1,6-7,10-12,14,24H2,2H3/t17-,18-,20+,22+,23+/m0/s1. The average molecular weight is 393 g/mol. The molecule has 3 fully saturated rings. The monoisotopic (exact) mass is 392 g/mol. The van der Waals surface area contributed by atoms with Gasteiger partial charge in [-0.2, -0.15) is 0 Å². The molecule has 0 radical (unpaired) electrons. The van der Waals surface area contributed by atoms with Crippen LogP contribution in [0.3, 0.4) is 0 Å². The van der Waals surface area contributed by atoms with Crippen LogP contribution in [0.2, 0.25) is 0 Å². The quantitative estimate of drug-likeness (QED) is 0.640. The molecule has 5 rings (SSSR count). The van der Waals surface area contributed by atoms with Gasteiger partial charge in [0.05, 0.1) is 12.7 Å². The van der Waals surface area contributed by atoms with E-state index in [1.807, 2.05) is 36.5 Å². The minimum atomic E-state index is -1.08. The van der Waals surface area contributed by atoms with Crippen LogP contribution in [0.25, 0.3) is 11.3 Å². The van der Waals surface area contributed by atoms with E-state index in [0.29, 0.717) is 5.92 Å². The topological polar surface area (TPSA) is 83.0 Å². The van der Waals surface area contributed by atoms with Gasteiger partial charge in [-0.25, -0.2) is 9.48 Å². The maximum absolute atomic E-state index is 12.9. The van der Waals surface area contributed by atoms with Crippen molar-refractivity contribution < 1.29 is 9.53 Å². The molecule has 29 heavy (non-hydrogen) atoms. The van der Waals surface area contributed by atoms with Crippen LogP contribution in [0.5, 0.6) is 0 Å². The first-order chi connectivity index (χ1) is 13.9. The molecule has 0 spiro atoms. The fourth-order valence-corrected chi connectivity index (χ4v) is 5.89. The van der Waals surface area contributed by atoms with Gasteiger partial charge in [0, 0.05) is 11.5 Å². The molecule has 1 aliphatic heterocycles. The minimum absolute atomic E-state index is 0.0210. The molecular weight excluding hydrogens is 364 g/mol. The molecule has 2 aromatic rings. The Balaban J connectivity index is 1.41. The van der Waals surface area contributed by atoms with Gasteiger partial charge in [-0.05, 0) is 43.4 Å². The molecule has 1 aromatic carbocycles. The van der Waals surface area contributed by atoms with E-state index in [9.17, 15) is 4.79 Å². The lowest BCUT2D eigenvalue weighted by atomic mass is 9.54. The van der Waals surface area contributed by atoms with Crippen LogP contribution >= 0.6 is 0 Å². The number of hydrogen-bond donors (Lipinski definition) is 1. The lowest BCUT2D eigenvalue weighted by molar-refractivity contribution is -0.147. The fraction of sp³-hybridized carbons (Fsp3) is 0.522. The van der Waals surface area contributed by atoms with E-state index in [2.05, 4.69) is 23.8 Å². The first-order valence-corrected chi connectivity index (χ1v) is 10.5. The van der Waals surface area contributed by atoms with Crippen LogP contribution in [0.15, 0.2) is 48.7 Å². The number of esters is 1. The van der Waals surface area contributed by atoms with Gasteiger partial charge in [-0.15, -0.1) is 5.10 Å². The molecule has 2 heterocycles. The molecule has 6 heteroatoms. The Morgan fingerprint density at radius 2 is 2.14 bits per heavy atom. The number of fused-ring (bicyclic) bond motifs is 2. The molecule has 2 aliphatic carbocycles. The van der Waals surface area contributed by atoms with Crippen LogP contribution in [0.4, 0.5) is 0 Å². The smallest absolute Gasteiger partial charge is 0.328 e. The molecule has 2 saturated carbocycles. The summed E-state index contributed by atoms with van der Waals surface area (Å²) in [7, 11) is 0. The van der Waals surface area contributed by atoms with E-state index in [4.69, 9.17) is 10.5 Å². The van der Waals surface area contributed by atoms with Crippen molar-refractivity contribution in [3.63, 3.8) is 0 Å². The zero-order chi connectivity index (χ0) is 20.2. The summed E-state index contributed by atoms with van der Waals surface area (Å²) in [5, 5.41) is 8.51. The van der Waals surface area contributed by atoms with Crippen molar-refractivity contribution >= 4 is 5.97 Å².